The minimum atomic E-state index is -0.917. The van der Waals surface area contributed by atoms with Crippen molar-refractivity contribution in [2.75, 3.05) is 6.07 Å². The van der Waals surface area contributed by atoms with Gasteiger partial charge in [-0.15, -0.1) is 0 Å². The lowest BCUT2D eigenvalue weighted by Gasteiger charge is -2.22. The second kappa shape index (κ2) is 10.7. The first kappa shape index (κ1) is 22.6. The van der Waals surface area contributed by atoms with Crippen molar-refractivity contribution in [3.05, 3.63) is 65.7 Å². The number of nitrogens with one attached hydrogen (secondary N) is 1. The van der Waals surface area contributed by atoms with Crippen LogP contribution in [-0.2, 0) is 27.3 Å². The van der Waals surface area contributed by atoms with Crippen molar-refractivity contribution < 1.29 is 23.8 Å². The van der Waals surface area contributed by atoms with Gasteiger partial charge in [-0.2, -0.15) is 0 Å². The third-order valence-electron chi connectivity index (χ3n) is 3.78. The second-order valence-corrected chi connectivity index (χ2v) is 7.61. The van der Waals surface area contributed by atoms with Crippen molar-refractivity contribution in [3.8, 4) is 5.75 Å². The van der Waals surface area contributed by atoms with Gasteiger partial charge in [-0.05, 0) is 44.0 Å². The lowest BCUT2D eigenvalue weighted by molar-refractivity contribution is -0.144. The van der Waals surface area contributed by atoms with Crippen LogP contribution in [0.4, 0.5) is 4.79 Å². The summed E-state index contributed by atoms with van der Waals surface area (Å²) in [6.07, 6.45) is -0.467. The molecule has 7 heteroatoms. The van der Waals surface area contributed by atoms with Crippen LogP contribution in [0.1, 0.15) is 31.9 Å². The van der Waals surface area contributed by atoms with Crippen molar-refractivity contribution in [3.63, 3.8) is 0 Å². The molecular weight excluding hydrogens is 394 g/mol. The van der Waals surface area contributed by atoms with E-state index in [9.17, 15) is 9.59 Å². The molecule has 0 aliphatic rings. The minimum absolute atomic E-state index is 0.230. The molecule has 2 rings (SSSR count). The average molecular weight is 420 g/mol. The molecule has 2 aromatic carbocycles. The zero-order valence-corrected chi connectivity index (χ0v) is 17.6. The van der Waals surface area contributed by atoms with Crippen LogP contribution in [-0.4, -0.2) is 29.8 Å². The molecule has 156 valence electrons. The maximum atomic E-state index is 12.2. The van der Waals surface area contributed by atoms with E-state index in [1.165, 1.54) is 0 Å². The molecule has 0 bridgehead atoms. The van der Waals surface area contributed by atoms with Crippen LogP contribution in [0.2, 0.25) is 0 Å². The third kappa shape index (κ3) is 8.44. The van der Waals surface area contributed by atoms with E-state index in [-0.39, 0.29) is 12.5 Å². The molecule has 1 amide bonds. The van der Waals surface area contributed by atoms with Crippen LogP contribution in [0.5, 0.6) is 5.75 Å². The van der Waals surface area contributed by atoms with Gasteiger partial charge in [0.1, 0.15) is 24.0 Å². The van der Waals surface area contributed by atoms with Gasteiger partial charge in [-0.25, -0.2) is 9.59 Å². The maximum Gasteiger partial charge on any atom is 0.408 e. The van der Waals surface area contributed by atoms with Gasteiger partial charge in [-0.3, -0.25) is 0 Å². The normalized spacial score (nSPS) is 12.0. The van der Waals surface area contributed by atoms with Crippen LogP contribution in [0.25, 0.3) is 0 Å². The van der Waals surface area contributed by atoms with Crippen molar-refractivity contribution in [2.45, 2.75) is 45.4 Å². The Morgan fingerprint density at radius 2 is 1.66 bits per heavy atom. The van der Waals surface area contributed by atoms with Gasteiger partial charge >= 0.3 is 12.1 Å². The Kier molecular flexibility index (Phi) is 8.34. The standard InChI is InChI=1S/C22H26ClNO5/c1-22(2,3)29-21(26)24-19(20(25)28-15-23)13-16-9-11-18(12-10-16)27-14-17-7-5-4-6-8-17/h4-12,19H,13-15H2,1-3H3,(H,24,26). The number of ether oxygens (including phenoxy) is 3. The molecule has 6 nitrogen and oxygen atoms in total. The number of hydrogen-bond donors (Lipinski definition) is 1. The summed E-state index contributed by atoms with van der Waals surface area (Å²) in [5.41, 5.74) is 1.22. The van der Waals surface area contributed by atoms with E-state index in [4.69, 9.17) is 25.8 Å². The molecule has 0 heterocycles. The molecule has 2 aromatic rings. The summed E-state index contributed by atoms with van der Waals surface area (Å²) < 4.78 is 15.8. The summed E-state index contributed by atoms with van der Waals surface area (Å²) in [6, 6.07) is 15.9. The monoisotopic (exact) mass is 419 g/mol. The Labute approximate surface area is 176 Å². The van der Waals surface area contributed by atoms with Gasteiger partial charge in [0.15, 0.2) is 6.07 Å². The Balaban J connectivity index is 1.98. The van der Waals surface area contributed by atoms with Crippen molar-refractivity contribution in [1.29, 1.82) is 0 Å². The number of carbonyl (C=O) groups is 2. The van der Waals surface area contributed by atoms with Crippen LogP contribution in [0.3, 0.4) is 0 Å². The van der Waals surface area contributed by atoms with Gasteiger partial charge in [0.25, 0.3) is 0 Å². The van der Waals surface area contributed by atoms with Crippen LogP contribution >= 0.6 is 11.6 Å². The number of carbonyl (C=O) groups excluding carboxylic acids is 2. The van der Waals surface area contributed by atoms with Crippen LogP contribution in [0, 0.1) is 0 Å². The molecule has 1 atom stereocenters. The fourth-order valence-electron chi connectivity index (χ4n) is 2.50. The molecule has 29 heavy (non-hydrogen) atoms. The average Bonchev–Trinajstić information content (AvgIpc) is 2.66. The topological polar surface area (TPSA) is 73.9 Å². The van der Waals surface area contributed by atoms with Crippen molar-refractivity contribution in [2.24, 2.45) is 0 Å². The fraction of sp³-hybridized carbons (Fsp3) is 0.364. The number of rotatable bonds is 8. The van der Waals surface area contributed by atoms with E-state index in [1.54, 1.807) is 20.8 Å². The molecule has 0 saturated carbocycles. The van der Waals surface area contributed by atoms with E-state index in [1.807, 2.05) is 54.6 Å². The highest BCUT2D eigenvalue weighted by atomic mass is 35.5. The number of hydrogen-bond acceptors (Lipinski definition) is 5. The van der Waals surface area contributed by atoms with E-state index < -0.39 is 23.7 Å². The van der Waals surface area contributed by atoms with Gasteiger partial charge in [0.05, 0.1) is 0 Å². The summed E-state index contributed by atoms with van der Waals surface area (Å²) >= 11 is 5.49. The Morgan fingerprint density at radius 1 is 1.00 bits per heavy atom. The highest BCUT2D eigenvalue weighted by molar-refractivity contribution is 6.17. The number of benzene rings is 2. The van der Waals surface area contributed by atoms with E-state index >= 15 is 0 Å². The predicted molar refractivity (Wildman–Crippen MR) is 111 cm³/mol. The third-order valence-corrected chi connectivity index (χ3v) is 3.89. The summed E-state index contributed by atoms with van der Waals surface area (Å²) in [5, 5.41) is 2.54. The first-order valence-electron chi connectivity index (χ1n) is 9.24. The number of esters is 1. The zero-order chi connectivity index (χ0) is 21.3. The van der Waals surface area contributed by atoms with Gasteiger partial charge in [0.2, 0.25) is 0 Å². The molecule has 0 fully saturated rings. The van der Waals surface area contributed by atoms with Gasteiger partial charge in [0, 0.05) is 6.42 Å². The highest BCUT2D eigenvalue weighted by Gasteiger charge is 2.25. The number of alkyl halides is 1. The lowest BCUT2D eigenvalue weighted by atomic mass is 10.1. The predicted octanol–water partition coefficient (Wildman–Crippen LogP) is 4.44. The van der Waals surface area contributed by atoms with E-state index in [2.05, 4.69) is 5.32 Å². The molecule has 1 N–H and O–H groups in total. The molecule has 0 aliphatic carbocycles. The first-order valence-corrected chi connectivity index (χ1v) is 9.78. The summed E-state index contributed by atoms with van der Waals surface area (Å²) in [4.78, 5) is 24.2. The van der Waals surface area contributed by atoms with Crippen LogP contribution in [0.15, 0.2) is 54.6 Å². The molecule has 0 saturated heterocycles. The molecule has 1 unspecified atom stereocenters. The Hall–Kier alpha value is -2.73. The quantitative estimate of drug-likeness (QED) is 0.505. The molecular formula is C22H26ClNO5. The number of halogens is 1. The first-order chi connectivity index (χ1) is 13.8. The van der Waals surface area contributed by atoms with Crippen molar-refractivity contribution >= 4 is 23.7 Å². The largest absolute Gasteiger partial charge is 0.489 e. The SMILES string of the molecule is CC(C)(C)OC(=O)NC(Cc1ccc(OCc2ccccc2)cc1)C(=O)OCCl. The Morgan fingerprint density at radius 3 is 2.24 bits per heavy atom. The molecule has 0 radical (unpaired) electrons. The Bertz CT molecular complexity index is 787. The highest BCUT2D eigenvalue weighted by Crippen LogP contribution is 2.16. The lowest BCUT2D eigenvalue weighted by Crippen LogP contribution is -2.45. The van der Waals surface area contributed by atoms with E-state index in [0.29, 0.717) is 12.4 Å². The van der Waals surface area contributed by atoms with Crippen LogP contribution < -0.4 is 10.1 Å². The van der Waals surface area contributed by atoms with Gasteiger partial charge < -0.3 is 19.5 Å². The smallest absolute Gasteiger partial charge is 0.408 e. The number of amides is 1. The second-order valence-electron chi connectivity index (χ2n) is 7.39. The summed E-state index contributed by atoms with van der Waals surface area (Å²) in [5.74, 6) is 0.0767. The summed E-state index contributed by atoms with van der Waals surface area (Å²) in [6.45, 7) is 5.69. The minimum Gasteiger partial charge on any atom is -0.489 e. The van der Waals surface area contributed by atoms with E-state index in [0.717, 1.165) is 11.1 Å². The molecule has 0 spiro atoms. The molecule has 0 aromatic heterocycles. The zero-order valence-electron chi connectivity index (χ0n) is 16.8. The van der Waals surface area contributed by atoms with Crippen molar-refractivity contribution in [1.82, 2.24) is 5.32 Å². The summed E-state index contributed by atoms with van der Waals surface area (Å²) in [7, 11) is 0. The van der Waals surface area contributed by atoms with Gasteiger partial charge in [-0.1, -0.05) is 54.1 Å². The fourth-order valence-corrected chi connectivity index (χ4v) is 2.60. The maximum absolute atomic E-state index is 12.2. The molecule has 0 aliphatic heterocycles. The number of alkyl carbamates (subject to hydrolysis) is 1.